The molecule has 3 aliphatic rings. The Kier molecular flexibility index (Phi) is 12.4. The van der Waals surface area contributed by atoms with Crippen molar-refractivity contribution in [2.24, 2.45) is 0 Å². The second kappa shape index (κ2) is 16.7. The van der Waals surface area contributed by atoms with E-state index in [2.05, 4.69) is 0 Å². The van der Waals surface area contributed by atoms with Crippen LogP contribution < -0.4 is 0 Å². The van der Waals surface area contributed by atoms with Crippen molar-refractivity contribution < 1.29 is 76.9 Å². The molecule has 0 saturated carbocycles. The first-order valence-corrected chi connectivity index (χ1v) is 16.4. The van der Waals surface area contributed by atoms with E-state index in [4.69, 9.17) is 37.9 Å². The maximum atomic E-state index is 14.0. The molecule has 2 aromatic carbocycles. The number of carbonyl (C=O) groups excluding carboxylic acids is 6. The van der Waals surface area contributed by atoms with Crippen LogP contribution in [0.5, 0.6) is 0 Å². The van der Waals surface area contributed by atoms with Crippen LogP contribution in [-0.4, -0.2) is 132 Å². The van der Waals surface area contributed by atoms with Crippen LogP contribution in [0, 0.1) is 0 Å². The Morgan fingerprint density at radius 2 is 1.31 bits per heavy atom. The van der Waals surface area contributed by atoms with Gasteiger partial charge in [-0.25, -0.2) is 4.79 Å². The molecule has 2 amide bonds. The number of amides is 2. The molecule has 280 valence electrons. The fourth-order valence-electron chi connectivity index (χ4n) is 6.29. The van der Waals surface area contributed by atoms with Crippen LogP contribution in [0.4, 0.5) is 0 Å². The Morgan fingerprint density at radius 3 is 1.87 bits per heavy atom. The highest BCUT2D eigenvalue weighted by molar-refractivity contribution is 6.21. The minimum atomic E-state index is -1.88. The molecule has 52 heavy (non-hydrogen) atoms. The molecule has 0 radical (unpaired) electrons. The van der Waals surface area contributed by atoms with Gasteiger partial charge in [0.05, 0.1) is 23.3 Å². The van der Waals surface area contributed by atoms with Crippen LogP contribution in [-0.2, 0) is 52.3 Å². The fraction of sp³-hybridized carbons (Fsp3) is 0.486. The number of rotatable bonds is 12. The molecule has 17 heteroatoms. The van der Waals surface area contributed by atoms with E-state index < -0.39 is 110 Å². The van der Waals surface area contributed by atoms with Crippen molar-refractivity contribution in [2.75, 3.05) is 19.8 Å². The lowest BCUT2D eigenvalue weighted by atomic mass is 9.93. The van der Waals surface area contributed by atoms with Gasteiger partial charge >= 0.3 is 23.9 Å². The van der Waals surface area contributed by atoms with Crippen molar-refractivity contribution in [3.63, 3.8) is 0 Å². The van der Waals surface area contributed by atoms with Gasteiger partial charge in [-0.3, -0.25) is 28.9 Å². The Morgan fingerprint density at radius 1 is 0.731 bits per heavy atom. The molecule has 0 bridgehead atoms. The van der Waals surface area contributed by atoms with Crippen molar-refractivity contribution in [3.8, 4) is 0 Å². The number of nitrogens with zero attached hydrogens (tertiary/aromatic N) is 1. The maximum absolute atomic E-state index is 14.0. The number of hydrogen-bond donors (Lipinski definition) is 2. The first kappa shape index (κ1) is 38.5. The van der Waals surface area contributed by atoms with Crippen LogP contribution in [0.15, 0.2) is 54.6 Å². The Hall–Kier alpha value is -4.78. The van der Waals surface area contributed by atoms with E-state index >= 15 is 0 Å². The van der Waals surface area contributed by atoms with E-state index in [-0.39, 0.29) is 23.3 Å². The highest BCUT2D eigenvalue weighted by atomic mass is 16.8. The molecular weight excluding hydrogens is 690 g/mol. The van der Waals surface area contributed by atoms with Crippen molar-refractivity contribution >= 4 is 35.7 Å². The number of fused-ring (bicyclic) bond motifs is 1. The molecule has 2 N–H and O–H groups in total. The average Bonchev–Trinajstić information content (AvgIpc) is 3.36. The first-order chi connectivity index (χ1) is 24.9. The van der Waals surface area contributed by atoms with Gasteiger partial charge in [0.1, 0.15) is 37.1 Å². The van der Waals surface area contributed by atoms with Gasteiger partial charge in [-0.1, -0.05) is 30.3 Å². The molecule has 0 aromatic heterocycles. The van der Waals surface area contributed by atoms with Crippen molar-refractivity contribution in [1.82, 2.24) is 4.90 Å². The summed E-state index contributed by atoms with van der Waals surface area (Å²) in [6.07, 6.45) is -14.5. The molecule has 2 aromatic rings. The van der Waals surface area contributed by atoms with Crippen molar-refractivity contribution in [1.29, 1.82) is 0 Å². The van der Waals surface area contributed by atoms with Gasteiger partial charge in [0.15, 0.2) is 30.9 Å². The lowest BCUT2D eigenvalue weighted by Crippen LogP contribution is -2.70. The monoisotopic (exact) mass is 729 g/mol. The molecule has 3 aliphatic heterocycles. The third-order valence-corrected chi connectivity index (χ3v) is 8.47. The molecule has 2 saturated heterocycles. The lowest BCUT2D eigenvalue weighted by molar-refractivity contribution is -0.350. The van der Waals surface area contributed by atoms with Crippen LogP contribution in [0.25, 0.3) is 0 Å². The Labute approximate surface area is 297 Å². The summed E-state index contributed by atoms with van der Waals surface area (Å²) in [7, 11) is 0. The summed E-state index contributed by atoms with van der Waals surface area (Å²) in [5.41, 5.74) is 0.113. The number of imide groups is 1. The summed E-state index contributed by atoms with van der Waals surface area (Å²) in [5, 5.41) is 21.7. The minimum absolute atomic E-state index is 0.00331. The van der Waals surface area contributed by atoms with E-state index in [1.165, 1.54) is 36.4 Å². The molecule has 10 atom stereocenters. The molecule has 0 spiro atoms. The Bertz CT molecular complexity index is 1620. The second-order valence-electron chi connectivity index (χ2n) is 12.0. The summed E-state index contributed by atoms with van der Waals surface area (Å²) in [6, 6.07) is 12.0. The molecule has 0 unspecified atom stereocenters. The van der Waals surface area contributed by atoms with Crippen LogP contribution in [0.1, 0.15) is 58.8 Å². The number of carbonyl (C=O) groups is 6. The third-order valence-electron chi connectivity index (χ3n) is 8.47. The highest BCUT2D eigenvalue weighted by Gasteiger charge is 2.59. The molecule has 5 rings (SSSR count). The zero-order valence-electron chi connectivity index (χ0n) is 28.6. The lowest BCUT2D eigenvalue weighted by Gasteiger charge is -2.50. The van der Waals surface area contributed by atoms with E-state index in [0.717, 1.165) is 25.7 Å². The predicted octanol–water partition coefficient (Wildman–Crippen LogP) is 0.528. The number of aliphatic hydroxyl groups excluding tert-OH is 2. The highest BCUT2D eigenvalue weighted by Crippen LogP contribution is 2.38. The number of esters is 4. The minimum Gasteiger partial charge on any atom is -0.463 e. The van der Waals surface area contributed by atoms with Crippen molar-refractivity contribution in [2.45, 2.75) is 89.0 Å². The number of hydrogen-bond acceptors (Lipinski definition) is 16. The van der Waals surface area contributed by atoms with Gasteiger partial charge in [0, 0.05) is 27.4 Å². The summed E-state index contributed by atoms with van der Waals surface area (Å²) in [5.74, 6) is -5.12. The van der Waals surface area contributed by atoms with E-state index in [0.29, 0.717) is 0 Å². The average molecular weight is 730 g/mol. The third kappa shape index (κ3) is 8.14. The summed E-state index contributed by atoms with van der Waals surface area (Å²) in [6.45, 7) is 3.49. The molecule has 17 nitrogen and oxygen atoms in total. The SMILES string of the molecule is CCO[C@H]1O[C@H](CO)[C@H](O)[C@H](O[C@@H]2O[C@H](COC(C)=O)[C@@H](OC(C)=O)[C@H](OC(C)=O)[C@@H]2N2C(=O)c3ccccc3C2=O)[C@H]1OC(=O)c1ccccc1. The van der Waals surface area contributed by atoms with Gasteiger partial charge in [-0.2, -0.15) is 0 Å². The molecular formula is C35H39NO16. The Balaban J connectivity index is 1.63. The van der Waals surface area contributed by atoms with Gasteiger partial charge in [0.2, 0.25) is 0 Å². The van der Waals surface area contributed by atoms with Gasteiger partial charge in [-0.05, 0) is 31.2 Å². The topological polar surface area (TPSA) is 220 Å². The zero-order valence-corrected chi connectivity index (χ0v) is 28.6. The number of ether oxygens (including phenoxy) is 8. The smallest absolute Gasteiger partial charge is 0.338 e. The second-order valence-corrected chi connectivity index (χ2v) is 12.0. The molecule has 2 fully saturated rings. The van der Waals surface area contributed by atoms with E-state index in [9.17, 15) is 39.0 Å². The summed E-state index contributed by atoms with van der Waals surface area (Å²) >= 11 is 0. The van der Waals surface area contributed by atoms with Gasteiger partial charge < -0.3 is 48.1 Å². The fourth-order valence-corrected chi connectivity index (χ4v) is 6.29. The zero-order chi connectivity index (χ0) is 37.7. The molecule has 0 aliphatic carbocycles. The largest absolute Gasteiger partial charge is 0.463 e. The van der Waals surface area contributed by atoms with Crippen LogP contribution >= 0.6 is 0 Å². The predicted molar refractivity (Wildman–Crippen MR) is 171 cm³/mol. The van der Waals surface area contributed by atoms with Crippen molar-refractivity contribution in [3.05, 3.63) is 71.3 Å². The van der Waals surface area contributed by atoms with Crippen LogP contribution in [0.3, 0.4) is 0 Å². The normalized spacial score (nSPS) is 29.9. The first-order valence-electron chi connectivity index (χ1n) is 16.4. The quantitative estimate of drug-likeness (QED) is 0.173. The molecule has 3 heterocycles. The summed E-state index contributed by atoms with van der Waals surface area (Å²) < 4.78 is 46.2. The standard InChI is InChI=1S/C35H39NO16/c1-5-45-35-30(51-33(44)20-11-7-6-8-12-20)29(26(41)23(15-37)49-35)52-34-25(36-31(42)21-13-9-10-14-22(21)32(36)43)28(48-19(4)40)27(47-18(3)39)24(50-34)16-46-17(2)38/h6-14,23-30,34-35,37,41H,5,15-16H2,1-4H3/t23-,24-,25+,26+,27-,28-,29+,30-,34+,35+/m1/s1. The number of aliphatic hydroxyl groups is 2. The van der Waals surface area contributed by atoms with Gasteiger partial charge in [0.25, 0.3) is 11.8 Å². The summed E-state index contributed by atoms with van der Waals surface area (Å²) in [4.78, 5) is 78.9. The maximum Gasteiger partial charge on any atom is 0.338 e. The van der Waals surface area contributed by atoms with E-state index in [1.54, 1.807) is 25.1 Å². The van der Waals surface area contributed by atoms with Crippen LogP contribution in [0.2, 0.25) is 0 Å². The van der Waals surface area contributed by atoms with E-state index in [1.807, 2.05) is 0 Å². The van der Waals surface area contributed by atoms with Gasteiger partial charge in [-0.15, -0.1) is 0 Å². The number of benzene rings is 2.